The fourth-order valence-corrected chi connectivity index (χ4v) is 4.80. The van der Waals surface area contributed by atoms with E-state index in [0.717, 1.165) is 24.4 Å². The van der Waals surface area contributed by atoms with Crippen LogP contribution in [-0.4, -0.2) is 57.9 Å². The molecule has 186 valence electrons. The molecule has 1 unspecified atom stereocenters. The summed E-state index contributed by atoms with van der Waals surface area (Å²) in [5.41, 5.74) is 1.48. The van der Waals surface area contributed by atoms with Crippen molar-refractivity contribution in [1.82, 2.24) is 14.9 Å². The van der Waals surface area contributed by atoms with Crippen LogP contribution in [0.1, 0.15) is 39.3 Å². The summed E-state index contributed by atoms with van der Waals surface area (Å²) in [6.07, 6.45) is 0. The van der Waals surface area contributed by atoms with Crippen molar-refractivity contribution in [3.05, 3.63) is 54.1 Å². The standard InChI is InChI=1S/C24H34N4O5S/c1-6-28(7-2)23(19-9-8-10-21(15-19)33-5)16-25-24(30)17(3)27-34(31,32)22-13-11-20(12-14-22)26-18(4)29/h8-15,17,23,27H,6-7,16H2,1-5H3,(H,25,30)(H,26,29)/t17-,23?/m0/s1. The van der Waals surface area contributed by atoms with Crippen LogP contribution >= 0.6 is 0 Å². The van der Waals surface area contributed by atoms with Crippen LogP contribution in [0.4, 0.5) is 5.69 Å². The van der Waals surface area contributed by atoms with Crippen LogP contribution in [0.3, 0.4) is 0 Å². The highest BCUT2D eigenvalue weighted by Gasteiger charge is 2.24. The minimum Gasteiger partial charge on any atom is -0.497 e. The average Bonchev–Trinajstić information content (AvgIpc) is 2.81. The molecule has 0 aromatic heterocycles. The van der Waals surface area contributed by atoms with Crippen LogP contribution in [0.5, 0.6) is 5.75 Å². The van der Waals surface area contributed by atoms with Crippen LogP contribution in [0, 0.1) is 0 Å². The monoisotopic (exact) mass is 490 g/mol. The first-order chi connectivity index (χ1) is 16.1. The molecule has 10 heteroatoms. The molecule has 2 rings (SSSR count). The number of ether oxygens (including phenoxy) is 1. The van der Waals surface area contributed by atoms with Gasteiger partial charge in [0.05, 0.1) is 24.1 Å². The molecule has 2 aromatic carbocycles. The van der Waals surface area contributed by atoms with E-state index in [1.54, 1.807) is 7.11 Å². The number of likely N-dealkylation sites (N-methyl/N-ethyl adjacent to an activating group) is 1. The third-order valence-electron chi connectivity index (χ3n) is 5.41. The summed E-state index contributed by atoms with van der Waals surface area (Å²) in [5.74, 6) is 0.0427. The Kier molecular flexibility index (Phi) is 10.0. The van der Waals surface area contributed by atoms with Gasteiger partial charge in [0.1, 0.15) is 5.75 Å². The van der Waals surface area contributed by atoms with Gasteiger partial charge in [-0.2, -0.15) is 4.72 Å². The van der Waals surface area contributed by atoms with E-state index in [2.05, 4.69) is 20.3 Å². The Morgan fingerprint density at radius 2 is 1.71 bits per heavy atom. The number of carbonyl (C=O) groups is 2. The number of hydrogen-bond donors (Lipinski definition) is 3. The number of hydrogen-bond acceptors (Lipinski definition) is 6. The molecule has 0 spiro atoms. The molecule has 0 aliphatic rings. The van der Waals surface area contributed by atoms with Gasteiger partial charge in [-0.3, -0.25) is 14.5 Å². The predicted molar refractivity (Wildman–Crippen MR) is 132 cm³/mol. The Morgan fingerprint density at radius 1 is 1.06 bits per heavy atom. The number of anilines is 1. The van der Waals surface area contributed by atoms with Gasteiger partial charge in [0.25, 0.3) is 0 Å². The molecular formula is C24H34N4O5S. The van der Waals surface area contributed by atoms with Gasteiger partial charge in [-0.25, -0.2) is 8.42 Å². The molecule has 0 radical (unpaired) electrons. The quantitative estimate of drug-likeness (QED) is 0.421. The summed E-state index contributed by atoms with van der Waals surface area (Å²) < 4.78 is 33.2. The zero-order chi connectivity index (χ0) is 25.3. The summed E-state index contributed by atoms with van der Waals surface area (Å²) in [7, 11) is -2.32. The van der Waals surface area contributed by atoms with Gasteiger partial charge >= 0.3 is 0 Å². The van der Waals surface area contributed by atoms with Gasteiger partial charge in [-0.1, -0.05) is 26.0 Å². The molecule has 9 nitrogen and oxygen atoms in total. The summed E-state index contributed by atoms with van der Waals surface area (Å²) in [6, 6.07) is 12.3. The average molecular weight is 491 g/mol. The van der Waals surface area contributed by atoms with Crippen molar-refractivity contribution in [2.24, 2.45) is 0 Å². The smallest absolute Gasteiger partial charge is 0.241 e. The second-order valence-corrected chi connectivity index (χ2v) is 9.52. The Bertz CT molecular complexity index is 1070. The van der Waals surface area contributed by atoms with Crippen molar-refractivity contribution in [2.75, 3.05) is 32.1 Å². The molecular weight excluding hydrogens is 456 g/mol. The number of nitrogens with zero attached hydrogens (tertiary/aromatic N) is 1. The second-order valence-electron chi connectivity index (χ2n) is 7.81. The molecule has 0 saturated carbocycles. The number of sulfonamides is 1. The molecule has 2 aromatic rings. The summed E-state index contributed by atoms with van der Waals surface area (Å²) in [4.78, 5) is 26.1. The second kappa shape index (κ2) is 12.5. The molecule has 0 aliphatic heterocycles. The third kappa shape index (κ3) is 7.54. The third-order valence-corrected chi connectivity index (χ3v) is 6.97. The van der Waals surface area contributed by atoms with Gasteiger partial charge in [0.2, 0.25) is 21.8 Å². The Hall–Kier alpha value is -2.95. The van der Waals surface area contributed by atoms with Gasteiger partial charge in [0, 0.05) is 19.2 Å². The highest BCUT2D eigenvalue weighted by Crippen LogP contribution is 2.24. The summed E-state index contributed by atoms with van der Waals surface area (Å²) in [6.45, 7) is 8.84. The molecule has 2 atom stereocenters. The first-order valence-electron chi connectivity index (χ1n) is 11.2. The Balaban J connectivity index is 2.08. The van der Waals surface area contributed by atoms with E-state index < -0.39 is 22.0 Å². The molecule has 0 saturated heterocycles. The first-order valence-corrected chi connectivity index (χ1v) is 12.6. The lowest BCUT2D eigenvalue weighted by molar-refractivity contribution is -0.122. The lowest BCUT2D eigenvalue weighted by atomic mass is 10.0. The highest BCUT2D eigenvalue weighted by molar-refractivity contribution is 7.89. The van der Waals surface area contributed by atoms with E-state index >= 15 is 0 Å². The topological polar surface area (TPSA) is 117 Å². The van der Waals surface area contributed by atoms with Crippen molar-refractivity contribution >= 4 is 27.5 Å². The van der Waals surface area contributed by atoms with E-state index in [-0.39, 0.29) is 16.8 Å². The van der Waals surface area contributed by atoms with E-state index in [1.807, 2.05) is 38.1 Å². The van der Waals surface area contributed by atoms with E-state index in [9.17, 15) is 18.0 Å². The number of amides is 2. The van der Waals surface area contributed by atoms with Gasteiger partial charge in [-0.15, -0.1) is 0 Å². The number of carbonyl (C=O) groups excluding carboxylic acids is 2. The number of methoxy groups -OCH3 is 1. The zero-order valence-corrected chi connectivity index (χ0v) is 21.1. The Morgan fingerprint density at radius 3 is 2.26 bits per heavy atom. The molecule has 34 heavy (non-hydrogen) atoms. The van der Waals surface area contributed by atoms with Crippen LogP contribution in [0.15, 0.2) is 53.4 Å². The van der Waals surface area contributed by atoms with E-state index in [1.165, 1.54) is 38.1 Å². The summed E-state index contributed by atoms with van der Waals surface area (Å²) in [5, 5.41) is 5.46. The Labute approximate surface area is 201 Å². The lowest BCUT2D eigenvalue weighted by Gasteiger charge is -2.31. The van der Waals surface area contributed by atoms with E-state index in [4.69, 9.17) is 4.74 Å². The van der Waals surface area contributed by atoms with E-state index in [0.29, 0.717) is 12.2 Å². The first kappa shape index (κ1) is 27.3. The molecule has 2 amide bonds. The summed E-state index contributed by atoms with van der Waals surface area (Å²) >= 11 is 0. The van der Waals surface area contributed by atoms with Crippen molar-refractivity contribution in [3.63, 3.8) is 0 Å². The van der Waals surface area contributed by atoms with Gasteiger partial charge in [-0.05, 0) is 62.0 Å². The maximum absolute atomic E-state index is 12.8. The maximum atomic E-state index is 12.8. The van der Waals surface area contributed by atoms with Crippen molar-refractivity contribution in [2.45, 2.75) is 44.7 Å². The minimum absolute atomic E-state index is 0.00125. The lowest BCUT2D eigenvalue weighted by Crippen LogP contribution is -2.47. The molecule has 0 fully saturated rings. The zero-order valence-electron chi connectivity index (χ0n) is 20.3. The number of benzene rings is 2. The van der Waals surface area contributed by atoms with Crippen molar-refractivity contribution in [1.29, 1.82) is 0 Å². The van der Waals surface area contributed by atoms with Crippen LogP contribution < -0.4 is 20.1 Å². The highest BCUT2D eigenvalue weighted by atomic mass is 32.2. The fraction of sp³-hybridized carbons (Fsp3) is 0.417. The number of rotatable bonds is 12. The van der Waals surface area contributed by atoms with Crippen LogP contribution in [-0.2, 0) is 19.6 Å². The minimum atomic E-state index is -3.93. The largest absolute Gasteiger partial charge is 0.497 e. The normalized spacial score (nSPS) is 13.2. The number of nitrogens with one attached hydrogen (secondary N) is 3. The van der Waals surface area contributed by atoms with Crippen LogP contribution in [0.25, 0.3) is 0 Å². The molecule has 0 aliphatic carbocycles. The molecule has 0 heterocycles. The van der Waals surface area contributed by atoms with Crippen molar-refractivity contribution < 1.29 is 22.7 Å². The van der Waals surface area contributed by atoms with Crippen molar-refractivity contribution in [3.8, 4) is 5.75 Å². The fourth-order valence-electron chi connectivity index (χ4n) is 3.60. The van der Waals surface area contributed by atoms with Gasteiger partial charge < -0.3 is 15.4 Å². The maximum Gasteiger partial charge on any atom is 0.241 e. The van der Waals surface area contributed by atoms with Crippen LogP contribution in [0.2, 0.25) is 0 Å². The molecule has 3 N–H and O–H groups in total. The molecule has 0 bridgehead atoms. The predicted octanol–water partition coefficient (Wildman–Crippen LogP) is 2.52. The SMILES string of the molecule is CCN(CC)C(CNC(=O)[C@H](C)NS(=O)(=O)c1ccc(NC(C)=O)cc1)c1cccc(OC)c1. The van der Waals surface area contributed by atoms with Gasteiger partial charge in [0.15, 0.2) is 0 Å².